The molecule has 140 valence electrons. The van der Waals surface area contributed by atoms with E-state index in [2.05, 4.69) is 24.1 Å². The number of carbonyl (C=O) groups is 1. The Labute approximate surface area is 154 Å². The highest BCUT2D eigenvalue weighted by molar-refractivity contribution is 6.03. The maximum Gasteiger partial charge on any atom is 0.336 e. The van der Waals surface area contributed by atoms with E-state index in [1.165, 1.54) is 25.9 Å². The number of hydrogen-bond donors (Lipinski definition) is 2. The van der Waals surface area contributed by atoms with Gasteiger partial charge >= 0.3 is 5.97 Å². The summed E-state index contributed by atoms with van der Waals surface area (Å²) in [5, 5.41) is 18.9. The van der Waals surface area contributed by atoms with Crippen LogP contribution < -0.4 is 5.32 Å². The summed E-state index contributed by atoms with van der Waals surface area (Å²) < 4.78 is 1.97. The van der Waals surface area contributed by atoms with Crippen LogP contribution in [-0.4, -0.2) is 51.4 Å². The largest absolute Gasteiger partial charge is 0.478 e. The first-order valence-electron chi connectivity index (χ1n) is 9.70. The van der Waals surface area contributed by atoms with Crippen LogP contribution in [0.3, 0.4) is 0 Å². The fraction of sp³-hybridized carbons (Fsp3) is 0.600. The Kier molecular flexibility index (Phi) is 4.71. The van der Waals surface area contributed by atoms with E-state index >= 15 is 0 Å². The Bertz CT molecular complexity index is 805. The quantitative estimate of drug-likeness (QED) is 0.832. The van der Waals surface area contributed by atoms with Gasteiger partial charge < -0.3 is 15.3 Å². The van der Waals surface area contributed by atoms with Crippen LogP contribution in [0.25, 0.3) is 10.9 Å². The molecule has 6 nitrogen and oxygen atoms in total. The SMILES string of the molecule is CC(C)Cn1nc(CN[C@@H]2CN3CCC2CC3)c2c(C(=O)O)cccc21. The normalized spacial score (nSPS) is 25.3. The summed E-state index contributed by atoms with van der Waals surface area (Å²) in [6, 6.07) is 5.97. The molecule has 0 unspecified atom stereocenters. The third-order valence-electron chi connectivity index (χ3n) is 5.81. The van der Waals surface area contributed by atoms with Gasteiger partial charge in [0.1, 0.15) is 0 Å². The van der Waals surface area contributed by atoms with Gasteiger partial charge in [-0.15, -0.1) is 0 Å². The van der Waals surface area contributed by atoms with Gasteiger partial charge in [-0.2, -0.15) is 5.10 Å². The Balaban J connectivity index is 1.64. The number of nitrogens with zero attached hydrogens (tertiary/aromatic N) is 3. The molecule has 2 bridgehead atoms. The number of benzene rings is 1. The molecule has 3 aliphatic heterocycles. The van der Waals surface area contributed by atoms with E-state index in [0.29, 0.717) is 24.1 Å². The minimum atomic E-state index is -0.885. The van der Waals surface area contributed by atoms with Gasteiger partial charge in [-0.1, -0.05) is 19.9 Å². The van der Waals surface area contributed by atoms with Crippen LogP contribution in [0.5, 0.6) is 0 Å². The number of aromatic carboxylic acids is 1. The molecule has 3 fully saturated rings. The Hall–Kier alpha value is -1.92. The highest BCUT2D eigenvalue weighted by atomic mass is 16.4. The van der Waals surface area contributed by atoms with E-state index in [9.17, 15) is 9.90 Å². The fourth-order valence-electron chi connectivity index (χ4n) is 4.52. The zero-order valence-electron chi connectivity index (χ0n) is 15.6. The molecule has 1 aromatic carbocycles. The van der Waals surface area contributed by atoms with E-state index in [-0.39, 0.29) is 0 Å². The van der Waals surface area contributed by atoms with Crippen molar-refractivity contribution in [2.24, 2.45) is 11.8 Å². The van der Waals surface area contributed by atoms with Crippen LogP contribution in [-0.2, 0) is 13.1 Å². The van der Waals surface area contributed by atoms with Crippen LogP contribution in [0.2, 0.25) is 0 Å². The van der Waals surface area contributed by atoms with Crippen LogP contribution in [0.1, 0.15) is 42.7 Å². The molecule has 1 aromatic heterocycles. The lowest BCUT2D eigenvalue weighted by molar-refractivity contribution is 0.0698. The summed E-state index contributed by atoms with van der Waals surface area (Å²) in [6.45, 7) is 9.26. The van der Waals surface area contributed by atoms with Gasteiger partial charge in [0.05, 0.1) is 16.8 Å². The van der Waals surface area contributed by atoms with Crippen LogP contribution in [0.4, 0.5) is 0 Å². The highest BCUT2D eigenvalue weighted by Crippen LogP contribution is 2.29. The second-order valence-electron chi connectivity index (χ2n) is 8.15. The zero-order chi connectivity index (χ0) is 18.3. The predicted octanol–water partition coefficient (Wildman–Crippen LogP) is 2.57. The molecule has 3 saturated heterocycles. The van der Waals surface area contributed by atoms with Gasteiger partial charge in [-0.05, 0) is 49.9 Å². The smallest absolute Gasteiger partial charge is 0.336 e. The third-order valence-corrected chi connectivity index (χ3v) is 5.81. The second-order valence-corrected chi connectivity index (χ2v) is 8.15. The summed E-state index contributed by atoms with van der Waals surface area (Å²) in [4.78, 5) is 14.3. The van der Waals surface area contributed by atoms with Crippen molar-refractivity contribution in [2.75, 3.05) is 19.6 Å². The number of piperidine rings is 3. The van der Waals surface area contributed by atoms with Gasteiger partial charge in [0, 0.05) is 31.1 Å². The van der Waals surface area contributed by atoms with Gasteiger partial charge in [-0.25, -0.2) is 4.79 Å². The average molecular weight is 356 g/mol. The monoisotopic (exact) mass is 356 g/mol. The number of nitrogens with one attached hydrogen (secondary N) is 1. The van der Waals surface area contributed by atoms with E-state index in [1.54, 1.807) is 6.07 Å². The van der Waals surface area contributed by atoms with Gasteiger partial charge in [0.15, 0.2) is 0 Å². The van der Waals surface area contributed by atoms with Crippen LogP contribution in [0.15, 0.2) is 18.2 Å². The first-order chi connectivity index (χ1) is 12.5. The maximum atomic E-state index is 11.7. The second kappa shape index (κ2) is 7.00. The third kappa shape index (κ3) is 3.23. The lowest BCUT2D eigenvalue weighted by Crippen LogP contribution is -2.55. The van der Waals surface area contributed by atoms with Crippen LogP contribution >= 0.6 is 0 Å². The van der Waals surface area contributed by atoms with Crippen molar-refractivity contribution >= 4 is 16.9 Å². The molecule has 5 rings (SSSR count). The number of carboxylic acid groups (broad SMARTS) is 1. The van der Waals surface area contributed by atoms with Crippen molar-refractivity contribution in [3.8, 4) is 0 Å². The zero-order valence-corrected chi connectivity index (χ0v) is 15.6. The van der Waals surface area contributed by atoms with Gasteiger partial charge in [0.2, 0.25) is 0 Å². The number of carboxylic acids is 1. The lowest BCUT2D eigenvalue weighted by atomic mass is 9.84. The Morgan fingerprint density at radius 2 is 2.12 bits per heavy atom. The molecule has 4 heterocycles. The Morgan fingerprint density at radius 1 is 1.35 bits per heavy atom. The molecule has 2 aromatic rings. The predicted molar refractivity (Wildman–Crippen MR) is 101 cm³/mol. The first kappa shape index (κ1) is 17.5. The fourth-order valence-corrected chi connectivity index (χ4v) is 4.52. The van der Waals surface area contributed by atoms with E-state index in [4.69, 9.17) is 5.10 Å². The lowest BCUT2D eigenvalue weighted by Gasteiger charge is -2.45. The molecule has 0 amide bonds. The highest BCUT2D eigenvalue weighted by Gasteiger charge is 2.34. The molecule has 3 aliphatic rings. The summed E-state index contributed by atoms with van der Waals surface area (Å²) in [5.74, 6) is 0.306. The minimum Gasteiger partial charge on any atom is -0.478 e. The molecule has 0 aliphatic carbocycles. The average Bonchev–Trinajstić information content (AvgIpc) is 2.98. The van der Waals surface area contributed by atoms with Crippen molar-refractivity contribution in [3.05, 3.63) is 29.5 Å². The summed E-state index contributed by atoms with van der Waals surface area (Å²) in [7, 11) is 0. The van der Waals surface area contributed by atoms with E-state index in [1.807, 2.05) is 16.8 Å². The number of hydrogen-bond acceptors (Lipinski definition) is 4. The number of fused-ring (bicyclic) bond motifs is 4. The van der Waals surface area contributed by atoms with Gasteiger partial charge in [0.25, 0.3) is 0 Å². The number of aromatic nitrogens is 2. The summed E-state index contributed by atoms with van der Waals surface area (Å²) in [5.41, 5.74) is 2.13. The molecule has 26 heavy (non-hydrogen) atoms. The molecule has 2 N–H and O–H groups in total. The first-order valence-corrected chi connectivity index (χ1v) is 9.70. The molecule has 1 atom stereocenters. The standard InChI is InChI=1S/C20H28N4O2/c1-13(2)11-24-18-5-3-4-15(20(25)26)19(18)16(22-24)10-21-17-12-23-8-6-14(17)7-9-23/h3-5,13-14,17,21H,6-12H2,1-2H3,(H,25,26)/t17-/m1/s1. The Morgan fingerprint density at radius 3 is 2.73 bits per heavy atom. The van der Waals surface area contributed by atoms with E-state index < -0.39 is 5.97 Å². The molecular weight excluding hydrogens is 328 g/mol. The summed E-state index contributed by atoms with van der Waals surface area (Å²) in [6.07, 6.45) is 2.53. The molecule has 0 radical (unpaired) electrons. The van der Waals surface area contributed by atoms with Crippen molar-refractivity contribution in [1.29, 1.82) is 0 Å². The molecule has 0 spiro atoms. The van der Waals surface area contributed by atoms with Crippen molar-refractivity contribution in [1.82, 2.24) is 20.0 Å². The molecule has 6 heteroatoms. The number of rotatable bonds is 6. The topological polar surface area (TPSA) is 70.4 Å². The molecular formula is C20H28N4O2. The summed E-state index contributed by atoms with van der Waals surface area (Å²) >= 11 is 0. The van der Waals surface area contributed by atoms with Gasteiger partial charge in [-0.3, -0.25) is 4.68 Å². The van der Waals surface area contributed by atoms with Crippen molar-refractivity contribution < 1.29 is 9.90 Å². The van der Waals surface area contributed by atoms with Crippen LogP contribution in [0, 0.1) is 11.8 Å². The minimum absolute atomic E-state index is 0.350. The van der Waals surface area contributed by atoms with Crippen molar-refractivity contribution in [3.63, 3.8) is 0 Å². The van der Waals surface area contributed by atoms with E-state index in [0.717, 1.165) is 35.6 Å². The molecule has 0 saturated carbocycles. The van der Waals surface area contributed by atoms with Crippen molar-refractivity contribution in [2.45, 2.75) is 45.8 Å². The maximum absolute atomic E-state index is 11.7.